The van der Waals surface area contributed by atoms with E-state index in [2.05, 4.69) is 31.8 Å². The number of hydrogen-bond acceptors (Lipinski definition) is 6. The number of anilines is 5. The first-order valence-corrected chi connectivity index (χ1v) is 13.4. The van der Waals surface area contributed by atoms with Crippen molar-refractivity contribution in [2.75, 3.05) is 15.5 Å². The number of carbonyl (C=O) groups is 1. The van der Waals surface area contributed by atoms with Gasteiger partial charge in [0, 0.05) is 47.8 Å². The normalized spacial score (nSPS) is 12.7. The third-order valence-electron chi connectivity index (χ3n) is 7.56. The molecule has 0 radical (unpaired) electrons. The van der Waals surface area contributed by atoms with Gasteiger partial charge in [0.15, 0.2) is 5.82 Å². The molecule has 0 bridgehead atoms. The Balaban J connectivity index is 1.23. The molecular formula is C32H28N8O. The Morgan fingerprint density at radius 1 is 0.951 bits per heavy atom. The van der Waals surface area contributed by atoms with E-state index in [9.17, 15) is 4.79 Å². The number of hydrogen-bond donors (Lipinski definition) is 3. The molecule has 0 atom stereocenters. The van der Waals surface area contributed by atoms with E-state index < -0.39 is 0 Å². The number of aromatic amines is 1. The summed E-state index contributed by atoms with van der Waals surface area (Å²) in [4.78, 5) is 28.5. The second-order valence-corrected chi connectivity index (χ2v) is 10.3. The summed E-state index contributed by atoms with van der Waals surface area (Å²) in [6.07, 6.45) is 3.76. The van der Waals surface area contributed by atoms with Crippen molar-refractivity contribution in [2.24, 2.45) is 7.05 Å². The van der Waals surface area contributed by atoms with Crippen LogP contribution in [0.2, 0.25) is 0 Å². The Hall–Kier alpha value is -5.44. The van der Waals surface area contributed by atoms with E-state index in [1.54, 1.807) is 4.68 Å². The van der Waals surface area contributed by atoms with Crippen molar-refractivity contribution in [3.8, 4) is 11.3 Å². The molecule has 3 aromatic heterocycles. The van der Waals surface area contributed by atoms with E-state index in [-0.39, 0.29) is 5.91 Å². The molecule has 0 saturated heterocycles. The Morgan fingerprint density at radius 2 is 1.78 bits per heavy atom. The van der Waals surface area contributed by atoms with Gasteiger partial charge in [-0.15, -0.1) is 0 Å². The van der Waals surface area contributed by atoms with Crippen molar-refractivity contribution >= 4 is 45.6 Å². The van der Waals surface area contributed by atoms with Crippen molar-refractivity contribution in [1.29, 1.82) is 0 Å². The average Bonchev–Trinajstić information content (AvgIpc) is 3.65. The number of aromatic nitrogens is 5. The molecule has 6 aromatic rings. The number of para-hydroxylation sites is 2. The summed E-state index contributed by atoms with van der Waals surface area (Å²) < 4.78 is 1.80. The summed E-state index contributed by atoms with van der Waals surface area (Å²) >= 11 is 0. The number of nitrogens with zero attached hydrogens (tertiary/aromatic N) is 5. The van der Waals surface area contributed by atoms with Crippen molar-refractivity contribution in [3.05, 3.63) is 108 Å². The van der Waals surface area contributed by atoms with Crippen LogP contribution in [0.1, 0.15) is 27.2 Å². The molecule has 3 aromatic carbocycles. The summed E-state index contributed by atoms with van der Waals surface area (Å²) in [5.74, 6) is 1.13. The molecule has 0 spiro atoms. The molecule has 1 aliphatic heterocycles. The van der Waals surface area contributed by atoms with Gasteiger partial charge in [0.2, 0.25) is 5.95 Å². The van der Waals surface area contributed by atoms with Gasteiger partial charge in [-0.05, 0) is 49.2 Å². The third kappa shape index (κ3) is 4.28. The van der Waals surface area contributed by atoms with Crippen molar-refractivity contribution in [2.45, 2.75) is 20.4 Å². The molecule has 9 nitrogen and oxygen atoms in total. The van der Waals surface area contributed by atoms with Gasteiger partial charge in [-0.3, -0.25) is 9.48 Å². The Kier molecular flexibility index (Phi) is 5.78. The van der Waals surface area contributed by atoms with Gasteiger partial charge in [-0.25, -0.2) is 9.97 Å². The number of carbonyl (C=O) groups excluding carboxylic acids is 1. The molecule has 0 fully saturated rings. The lowest BCUT2D eigenvalue weighted by molar-refractivity contribution is 0.0997. The van der Waals surface area contributed by atoms with Crippen molar-refractivity contribution in [1.82, 2.24) is 24.7 Å². The molecule has 41 heavy (non-hydrogen) atoms. The fourth-order valence-corrected chi connectivity index (χ4v) is 5.41. The minimum atomic E-state index is -0.0296. The number of amides is 1. The van der Waals surface area contributed by atoms with Crippen LogP contribution in [-0.2, 0) is 13.6 Å². The smallest absolute Gasteiger partial charge is 0.261 e. The van der Waals surface area contributed by atoms with Crippen LogP contribution in [0.4, 0.5) is 28.8 Å². The first kappa shape index (κ1) is 24.6. The third-order valence-corrected chi connectivity index (χ3v) is 7.56. The molecule has 0 unspecified atom stereocenters. The second-order valence-electron chi connectivity index (χ2n) is 10.3. The summed E-state index contributed by atoms with van der Waals surface area (Å²) in [5.41, 5.74) is 8.88. The molecular weight excluding hydrogens is 512 g/mol. The van der Waals surface area contributed by atoms with Crippen molar-refractivity contribution in [3.63, 3.8) is 0 Å². The monoisotopic (exact) mass is 540 g/mol. The SMILES string of the molecule is Cc1cnc(Nc2cc(C)n(C)n2)nc1-c1c[nH]c2c(N3Cc4cccc(Nc5ccccc5)c4C3=O)cccc12. The van der Waals surface area contributed by atoms with Crippen LogP contribution in [0, 0.1) is 13.8 Å². The number of rotatable bonds is 6. The molecule has 4 heterocycles. The topological polar surface area (TPSA) is 104 Å². The molecule has 7 rings (SSSR count). The van der Waals surface area contributed by atoms with Gasteiger partial charge >= 0.3 is 0 Å². The highest BCUT2D eigenvalue weighted by Gasteiger charge is 2.32. The number of nitrogens with one attached hydrogen (secondary N) is 3. The number of benzene rings is 3. The lowest BCUT2D eigenvalue weighted by atomic mass is 10.1. The van der Waals surface area contributed by atoms with E-state index in [0.717, 1.165) is 56.0 Å². The lowest BCUT2D eigenvalue weighted by Crippen LogP contribution is -2.23. The van der Waals surface area contributed by atoms with E-state index in [1.807, 2.05) is 105 Å². The standard InChI is InChI=1S/C32H28N8O/c1-19-16-34-32(36-27-15-20(2)39(3)38-27)37-29(19)24-17-33-30-23(24)12-8-14-26(30)40-18-21-9-7-13-25(28(21)31(40)41)35-22-10-5-4-6-11-22/h4-17,33,35H,18H2,1-3H3,(H,34,36,37,38). The van der Waals surface area contributed by atoms with Gasteiger partial charge in [0.1, 0.15) is 0 Å². The van der Waals surface area contributed by atoms with Gasteiger partial charge in [0.05, 0.1) is 34.7 Å². The van der Waals surface area contributed by atoms with E-state index in [1.165, 1.54) is 0 Å². The zero-order valence-corrected chi connectivity index (χ0v) is 22.9. The zero-order chi connectivity index (χ0) is 28.1. The van der Waals surface area contributed by atoms with Crippen LogP contribution in [0.15, 0.2) is 85.2 Å². The van der Waals surface area contributed by atoms with Crippen LogP contribution in [-0.4, -0.2) is 30.6 Å². The molecule has 0 aliphatic carbocycles. The Labute approximate surface area is 236 Å². The number of fused-ring (bicyclic) bond motifs is 2. The summed E-state index contributed by atoms with van der Waals surface area (Å²) in [5, 5.41) is 12.1. The minimum absolute atomic E-state index is 0.0296. The lowest BCUT2D eigenvalue weighted by Gasteiger charge is -2.17. The number of H-pyrrole nitrogens is 1. The van der Waals surface area contributed by atoms with Crippen LogP contribution < -0.4 is 15.5 Å². The first-order chi connectivity index (χ1) is 20.0. The highest BCUT2D eigenvalue weighted by atomic mass is 16.2. The molecule has 0 saturated carbocycles. The summed E-state index contributed by atoms with van der Waals surface area (Å²) in [6, 6.07) is 23.8. The molecule has 202 valence electrons. The fourth-order valence-electron chi connectivity index (χ4n) is 5.41. The van der Waals surface area contributed by atoms with E-state index in [4.69, 9.17) is 4.98 Å². The average molecular weight is 541 g/mol. The van der Waals surface area contributed by atoms with Crippen LogP contribution in [0.3, 0.4) is 0 Å². The maximum atomic E-state index is 13.9. The predicted molar refractivity (Wildman–Crippen MR) is 162 cm³/mol. The molecule has 9 heteroatoms. The molecule has 1 amide bonds. The first-order valence-electron chi connectivity index (χ1n) is 13.4. The van der Waals surface area contributed by atoms with E-state index in [0.29, 0.717) is 23.9 Å². The van der Waals surface area contributed by atoms with Crippen LogP contribution >= 0.6 is 0 Å². The highest BCUT2D eigenvalue weighted by Crippen LogP contribution is 2.39. The molecule has 1 aliphatic rings. The van der Waals surface area contributed by atoms with Gasteiger partial charge in [-0.2, -0.15) is 5.10 Å². The maximum Gasteiger partial charge on any atom is 0.261 e. The second kappa shape index (κ2) is 9.63. The quantitative estimate of drug-likeness (QED) is 0.219. The Morgan fingerprint density at radius 3 is 2.59 bits per heavy atom. The van der Waals surface area contributed by atoms with Gasteiger partial charge < -0.3 is 20.5 Å². The summed E-state index contributed by atoms with van der Waals surface area (Å²) in [7, 11) is 1.90. The molecule has 3 N–H and O–H groups in total. The van der Waals surface area contributed by atoms with Crippen molar-refractivity contribution < 1.29 is 4.79 Å². The predicted octanol–water partition coefficient (Wildman–Crippen LogP) is 6.62. The fraction of sp³-hybridized carbons (Fsp3) is 0.125. The summed E-state index contributed by atoms with van der Waals surface area (Å²) in [6.45, 7) is 4.48. The Bertz CT molecular complexity index is 1920. The highest BCUT2D eigenvalue weighted by molar-refractivity contribution is 6.17. The van der Waals surface area contributed by atoms with Crippen LogP contribution in [0.5, 0.6) is 0 Å². The van der Waals surface area contributed by atoms with E-state index >= 15 is 0 Å². The van der Waals surface area contributed by atoms with Gasteiger partial charge in [-0.1, -0.05) is 42.5 Å². The minimum Gasteiger partial charge on any atom is -0.359 e. The zero-order valence-electron chi connectivity index (χ0n) is 22.9. The number of aryl methyl sites for hydroxylation is 3. The van der Waals surface area contributed by atoms with Crippen LogP contribution in [0.25, 0.3) is 22.2 Å². The maximum absolute atomic E-state index is 13.9. The van der Waals surface area contributed by atoms with Gasteiger partial charge in [0.25, 0.3) is 5.91 Å². The largest absolute Gasteiger partial charge is 0.359 e.